The molecule has 0 saturated carbocycles. The van der Waals surface area contributed by atoms with Gasteiger partial charge in [-0.3, -0.25) is 14.3 Å². The van der Waals surface area contributed by atoms with Gasteiger partial charge in [-0.05, 0) is 25.0 Å². The SMILES string of the molecule is CN(C)C(=O)NC1CCN(C(=O)c2cccc(-c3noc(=O)[nH]3)n2)CC1. The van der Waals surface area contributed by atoms with Gasteiger partial charge in [0.05, 0.1) is 0 Å². The van der Waals surface area contributed by atoms with E-state index in [0.717, 1.165) is 0 Å². The highest BCUT2D eigenvalue weighted by Crippen LogP contribution is 2.16. The number of urea groups is 1. The van der Waals surface area contributed by atoms with Crippen molar-refractivity contribution in [1.29, 1.82) is 0 Å². The van der Waals surface area contributed by atoms with Crippen molar-refractivity contribution in [1.82, 2.24) is 30.2 Å². The zero-order valence-electron chi connectivity index (χ0n) is 14.6. The van der Waals surface area contributed by atoms with Crippen LogP contribution in [0.1, 0.15) is 23.3 Å². The van der Waals surface area contributed by atoms with Gasteiger partial charge in [-0.1, -0.05) is 11.2 Å². The van der Waals surface area contributed by atoms with Gasteiger partial charge in [-0.2, -0.15) is 0 Å². The van der Waals surface area contributed by atoms with E-state index in [1.54, 1.807) is 37.2 Å². The molecular formula is C16H20N6O4. The fourth-order valence-electron chi connectivity index (χ4n) is 2.72. The largest absolute Gasteiger partial charge is 0.439 e. The van der Waals surface area contributed by atoms with E-state index in [4.69, 9.17) is 0 Å². The first-order valence-electron chi connectivity index (χ1n) is 8.24. The Bertz CT molecular complexity index is 850. The zero-order chi connectivity index (χ0) is 18.7. The van der Waals surface area contributed by atoms with Gasteiger partial charge < -0.3 is 15.1 Å². The number of likely N-dealkylation sites (tertiary alicyclic amines) is 1. The fraction of sp³-hybridized carbons (Fsp3) is 0.438. The maximum Gasteiger partial charge on any atom is 0.439 e. The standard InChI is InChI=1S/C16H20N6O4/c1-21(2)15(24)17-10-6-8-22(9-7-10)14(23)12-5-3-4-11(18-12)13-19-16(25)26-20-13/h3-5,10H,6-9H2,1-2H3,(H,17,24)(H,19,20,25). The molecule has 2 N–H and O–H groups in total. The van der Waals surface area contributed by atoms with Crippen LogP contribution in [0.15, 0.2) is 27.5 Å². The average Bonchev–Trinajstić information content (AvgIpc) is 3.08. The van der Waals surface area contributed by atoms with Gasteiger partial charge in [-0.25, -0.2) is 14.6 Å². The Morgan fingerprint density at radius 2 is 2.04 bits per heavy atom. The van der Waals surface area contributed by atoms with Crippen molar-refractivity contribution in [3.8, 4) is 11.5 Å². The molecule has 0 radical (unpaired) electrons. The number of piperidine rings is 1. The van der Waals surface area contributed by atoms with E-state index in [0.29, 0.717) is 31.6 Å². The molecule has 1 aliphatic heterocycles. The van der Waals surface area contributed by atoms with Crippen molar-refractivity contribution >= 4 is 11.9 Å². The normalized spacial score (nSPS) is 14.9. The molecule has 1 aliphatic rings. The van der Waals surface area contributed by atoms with E-state index in [1.165, 1.54) is 4.90 Å². The van der Waals surface area contributed by atoms with Crippen LogP contribution in [0.3, 0.4) is 0 Å². The summed E-state index contributed by atoms with van der Waals surface area (Å²) in [4.78, 5) is 45.3. The summed E-state index contributed by atoms with van der Waals surface area (Å²) in [5, 5.41) is 6.51. The van der Waals surface area contributed by atoms with E-state index < -0.39 is 5.76 Å². The van der Waals surface area contributed by atoms with E-state index in [-0.39, 0.29) is 29.5 Å². The Morgan fingerprint density at radius 1 is 1.31 bits per heavy atom. The number of carbonyl (C=O) groups is 2. The molecule has 0 bridgehead atoms. The summed E-state index contributed by atoms with van der Waals surface area (Å²) in [6.07, 6.45) is 1.36. The molecule has 3 heterocycles. The maximum atomic E-state index is 12.7. The summed E-state index contributed by atoms with van der Waals surface area (Å²) in [6.45, 7) is 1.06. The number of aromatic nitrogens is 3. The first kappa shape index (κ1) is 17.6. The van der Waals surface area contributed by atoms with Crippen LogP contribution in [0, 0.1) is 0 Å². The summed E-state index contributed by atoms with van der Waals surface area (Å²) < 4.78 is 4.46. The van der Waals surface area contributed by atoms with E-state index in [9.17, 15) is 14.4 Å². The van der Waals surface area contributed by atoms with E-state index in [2.05, 4.69) is 25.0 Å². The number of aromatic amines is 1. The highest BCUT2D eigenvalue weighted by molar-refractivity contribution is 5.92. The quantitative estimate of drug-likeness (QED) is 0.811. The molecule has 0 spiro atoms. The summed E-state index contributed by atoms with van der Waals surface area (Å²) in [6, 6.07) is 4.84. The Kier molecular flexibility index (Phi) is 5.01. The molecule has 1 fully saturated rings. The lowest BCUT2D eigenvalue weighted by Crippen LogP contribution is -2.48. The van der Waals surface area contributed by atoms with Gasteiger partial charge in [0.25, 0.3) is 5.91 Å². The Labute approximate surface area is 149 Å². The fourth-order valence-corrected chi connectivity index (χ4v) is 2.72. The number of H-pyrrole nitrogens is 1. The Balaban J connectivity index is 1.64. The summed E-state index contributed by atoms with van der Waals surface area (Å²) in [5.41, 5.74) is 0.622. The van der Waals surface area contributed by atoms with Crippen LogP contribution in [0.25, 0.3) is 11.5 Å². The molecule has 0 unspecified atom stereocenters. The first-order valence-corrected chi connectivity index (χ1v) is 8.24. The van der Waals surface area contributed by atoms with Crippen LogP contribution >= 0.6 is 0 Å². The summed E-state index contributed by atoms with van der Waals surface area (Å²) in [5.74, 6) is -0.704. The van der Waals surface area contributed by atoms with Crippen molar-refractivity contribution < 1.29 is 14.1 Å². The molecule has 10 nitrogen and oxygen atoms in total. The van der Waals surface area contributed by atoms with Crippen molar-refractivity contribution in [2.45, 2.75) is 18.9 Å². The minimum absolute atomic E-state index is 0.0495. The van der Waals surface area contributed by atoms with Gasteiger partial charge in [0.2, 0.25) is 5.82 Å². The van der Waals surface area contributed by atoms with Gasteiger partial charge in [0.1, 0.15) is 11.4 Å². The lowest BCUT2D eigenvalue weighted by atomic mass is 10.0. The van der Waals surface area contributed by atoms with Crippen LogP contribution in [-0.2, 0) is 0 Å². The van der Waals surface area contributed by atoms with Crippen LogP contribution in [0.5, 0.6) is 0 Å². The minimum Gasteiger partial charge on any atom is -0.337 e. The molecule has 2 aromatic rings. The smallest absolute Gasteiger partial charge is 0.337 e. The number of hydrogen-bond acceptors (Lipinski definition) is 6. The second-order valence-electron chi connectivity index (χ2n) is 6.26. The average molecular weight is 360 g/mol. The zero-order valence-corrected chi connectivity index (χ0v) is 14.6. The van der Waals surface area contributed by atoms with Gasteiger partial charge in [0, 0.05) is 33.2 Å². The third-order valence-corrected chi connectivity index (χ3v) is 4.17. The van der Waals surface area contributed by atoms with Gasteiger partial charge >= 0.3 is 11.8 Å². The third-order valence-electron chi connectivity index (χ3n) is 4.17. The predicted octanol–water partition coefficient (Wildman–Crippen LogP) is 0.301. The topological polar surface area (TPSA) is 124 Å². The first-order chi connectivity index (χ1) is 12.4. The maximum absolute atomic E-state index is 12.7. The molecule has 26 heavy (non-hydrogen) atoms. The molecule has 3 rings (SSSR count). The monoisotopic (exact) mass is 360 g/mol. The lowest BCUT2D eigenvalue weighted by molar-refractivity contribution is 0.0701. The highest BCUT2D eigenvalue weighted by Gasteiger charge is 2.26. The lowest BCUT2D eigenvalue weighted by Gasteiger charge is -2.32. The van der Waals surface area contributed by atoms with Crippen LogP contribution < -0.4 is 11.1 Å². The Hall–Kier alpha value is -3.17. The molecular weight excluding hydrogens is 340 g/mol. The molecule has 0 atom stereocenters. The number of nitrogens with one attached hydrogen (secondary N) is 2. The molecule has 1 saturated heterocycles. The molecule has 0 aliphatic carbocycles. The van der Waals surface area contributed by atoms with Crippen molar-refractivity contribution in [2.24, 2.45) is 0 Å². The van der Waals surface area contributed by atoms with Crippen LogP contribution in [0.2, 0.25) is 0 Å². The molecule has 10 heteroatoms. The molecule has 3 amide bonds. The second kappa shape index (κ2) is 7.38. The minimum atomic E-state index is -0.680. The molecule has 2 aromatic heterocycles. The number of pyridine rings is 1. The summed E-state index contributed by atoms with van der Waals surface area (Å²) >= 11 is 0. The molecule has 138 valence electrons. The number of amides is 3. The second-order valence-corrected chi connectivity index (χ2v) is 6.26. The number of rotatable bonds is 3. The Morgan fingerprint density at radius 3 is 2.65 bits per heavy atom. The van der Waals surface area contributed by atoms with Crippen molar-refractivity contribution in [3.63, 3.8) is 0 Å². The highest BCUT2D eigenvalue weighted by atomic mass is 16.5. The van der Waals surface area contributed by atoms with Crippen molar-refractivity contribution in [3.05, 3.63) is 34.4 Å². The third kappa shape index (κ3) is 3.90. The summed E-state index contributed by atoms with van der Waals surface area (Å²) in [7, 11) is 3.38. The van der Waals surface area contributed by atoms with Crippen LogP contribution in [-0.4, -0.2) is 70.1 Å². The number of hydrogen-bond donors (Lipinski definition) is 2. The van der Waals surface area contributed by atoms with E-state index >= 15 is 0 Å². The van der Waals surface area contributed by atoms with Crippen LogP contribution in [0.4, 0.5) is 4.79 Å². The number of carbonyl (C=O) groups excluding carboxylic acids is 2. The number of nitrogens with zero attached hydrogens (tertiary/aromatic N) is 4. The molecule has 0 aromatic carbocycles. The van der Waals surface area contributed by atoms with Crippen molar-refractivity contribution in [2.75, 3.05) is 27.2 Å². The predicted molar refractivity (Wildman–Crippen MR) is 91.5 cm³/mol. The van der Waals surface area contributed by atoms with Gasteiger partial charge in [0.15, 0.2) is 0 Å². The van der Waals surface area contributed by atoms with Gasteiger partial charge in [-0.15, -0.1) is 0 Å². The van der Waals surface area contributed by atoms with E-state index in [1.807, 2.05) is 0 Å².